The van der Waals surface area contributed by atoms with Gasteiger partial charge in [-0.05, 0) is 226 Å². The fourth-order valence-corrected chi connectivity index (χ4v) is 16.2. The van der Waals surface area contributed by atoms with Gasteiger partial charge in [0.1, 0.15) is 0 Å². The second kappa shape index (κ2) is 43.3. The summed E-state index contributed by atoms with van der Waals surface area (Å²) in [4.78, 5) is 0. The number of hydrogen-bond donors (Lipinski definition) is 0. The molecule has 0 aliphatic rings. The summed E-state index contributed by atoms with van der Waals surface area (Å²) in [6.45, 7) is 12.9. The van der Waals surface area contributed by atoms with E-state index in [9.17, 15) is 0 Å². The smallest absolute Gasteiger partial charge is 0.0103 e. The molecule has 0 nitrogen and oxygen atoms in total. The van der Waals surface area contributed by atoms with Crippen LogP contribution in [0.25, 0.3) is 156 Å². The number of aryl methyl sites for hydroxylation is 6. The van der Waals surface area contributed by atoms with Crippen molar-refractivity contribution in [2.24, 2.45) is 0 Å². The summed E-state index contributed by atoms with van der Waals surface area (Å²) in [5.74, 6) is 0. The van der Waals surface area contributed by atoms with Gasteiger partial charge in [0.2, 0.25) is 0 Å². The van der Waals surface area contributed by atoms with Crippen molar-refractivity contribution in [2.75, 3.05) is 0 Å². The summed E-state index contributed by atoms with van der Waals surface area (Å²) in [5.41, 5.74) is 43.5. The third kappa shape index (κ3) is 22.4. The summed E-state index contributed by atoms with van der Waals surface area (Å²) in [7, 11) is 0. The maximum atomic E-state index is 2.26. The normalized spacial score (nSPS) is 10.5. The summed E-state index contributed by atoms with van der Waals surface area (Å²) in [5, 5.41) is 0. The van der Waals surface area contributed by atoms with Crippen molar-refractivity contribution in [3.05, 3.63) is 555 Å². The summed E-state index contributed by atoms with van der Waals surface area (Å²) in [6, 6.07) is 184. The Morgan fingerprint density at radius 2 is 0.262 bits per heavy atom. The average Bonchev–Trinajstić information content (AvgIpc) is 0.800. The molecule has 608 valence electrons. The molecule has 0 amide bonds. The molecule has 20 aromatic carbocycles. The van der Waals surface area contributed by atoms with Crippen molar-refractivity contribution in [1.82, 2.24) is 0 Å². The standard InChI is InChI=1S/2C25H20.4C19H16/c1-19-9-5-6-12-23(19)25-14-8-7-13-24(25)22-17-15-21(16-18-22)20-10-3-2-4-11-20;1-19-11-13-22(14-12-19)24-9-5-6-10-25(24)23-17-15-21(16-18-23)20-7-3-2-4-8-20;1-15-9-5-6-12-17(15)19-14-8-7-13-18(19)16-10-3-2-4-11-16;1-15-8-7-11-17(14-15)19-13-6-5-12-18(19)16-9-3-2-4-10-16;1-15-8-5-6-13-19(15)18-12-7-11-17(14-18)16-9-3-2-4-10-16;1-15-7-5-6-10-19(15)18-13-11-17(12-14-18)16-8-3-2-4-9-16/h2*2-18H,1H3;4*2-14H,1H3. The first-order chi connectivity index (χ1) is 62.0. The van der Waals surface area contributed by atoms with Crippen molar-refractivity contribution in [3.63, 3.8) is 0 Å². The van der Waals surface area contributed by atoms with Crippen LogP contribution >= 0.6 is 0 Å². The zero-order valence-corrected chi connectivity index (χ0v) is 72.7. The maximum absolute atomic E-state index is 2.26. The Kier molecular flexibility index (Phi) is 29.3. The molecular weight excluding hydrogens is 1510 g/mol. The molecule has 0 heterocycles. The molecule has 126 heavy (non-hydrogen) atoms. The fourth-order valence-electron chi connectivity index (χ4n) is 16.2. The van der Waals surface area contributed by atoms with Gasteiger partial charge in [-0.3, -0.25) is 0 Å². The minimum Gasteiger partial charge on any atom is -0.0622 e. The van der Waals surface area contributed by atoms with E-state index in [1.807, 2.05) is 6.07 Å². The molecule has 0 saturated heterocycles. The molecule has 0 spiro atoms. The topological polar surface area (TPSA) is 0 Å². The first kappa shape index (κ1) is 85.4. The van der Waals surface area contributed by atoms with Gasteiger partial charge >= 0.3 is 0 Å². The first-order valence-electron chi connectivity index (χ1n) is 43.5. The average molecular weight is 1620 g/mol. The number of hydrogen-bond acceptors (Lipinski definition) is 0. The molecule has 0 aromatic heterocycles. The molecule has 20 aromatic rings. The highest BCUT2D eigenvalue weighted by molar-refractivity contribution is 5.89. The zero-order valence-electron chi connectivity index (χ0n) is 72.7. The summed E-state index contributed by atoms with van der Waals surface area (Å²) >= 11 is 0. The van der Waals surface area contributed by atoms with Crippen molar-refractivity contribution >= 4 is 0 Å². The van der Waals surface area contributed by atoms with Crippen molar-refractivity contribution < 1.29 is 0 Å². The molecule has 0 aliphatic heterocycles. The maximum Gasteiger partial charge on any atom is -0.0103 e. The van der Waals surface area contributed by atoms with Crippen LogP contribution in [0.3, 0.4) is 0 Å². The first-order valence-corrected chi connectivity index (χ1v) is 43.5. The molecular formula is C126H104. The highest BCUT2D eigenvalue weighted by atomic mass is 14.2. The van der Waals surface area contributed by atoms with Gasteiger partial charge in [-0.15, -0.1) is 0 Å². The minimum atomic E-state index is 1.25. The van der Waals surface area contributed by atoms with Gasteiger partial charge in [0.25, 0.3) is 0 Å². The second-order valence-corrected chi connectivity index (χ2v) is 31.7. The van der Waals surface area contributed by atoms with E-state index in [-0.39, 0.29) is 0 Å². The number of benzene rings is 20. The predicted octanol–water partition coefficient (Wildman–Crippen LogP) is 35.3. The Hall–Kier alpha value is -15.6. The molecule has 20 rings (SSSR count). The van der Waals surface area contributed by atoms with E-state index >= 15 is 0 Å². The zero-order chi connectivity index (χ0) is 86.4. The highest BCUT2D eigenvalue weighted by Crippen LogP contribution is 2.40. The van der Waals surface area contributed by atoms with E-state index < -0.39 is 0 Å². The van der Waals surface area contributed by atoms with Crippen molar-refractivity contribution in [2.45, 2.75) is 41.5 Å². The van der Waals surface area contributed by atoms with Gasteiger partial charge < -0.3 is 0 Å². The summed E-state index contributed by atoms with van der Waals surface area (Å²) < 4.78 is 0. The Bertz CT molecular complexity index is 6790. The van der Waals surface area contributed by atoms with Crippen LogP contribution in [0.5, 0.6) is 0 Å². The predicted molar refractivity (Wildman–Crippen MR) is 543 cm³/mol. The second-order valence-electron chi connectivity index (χ2n) is 31.7. The van der Waals surface area contributed by atoms with Gasteiger partial charge in [0.15, 0.2) is 0 Å². The Labute approximate surface area is 747 Å². The molecule has 0 radical (unpaired) electrons. The van der Waals surface area contributed by atoms with Crippen LogP contribution in [-0.4, -0.2) is 0 Å². The Morgan fingerprint density at radius 3 is 0.571 bits per heavy atom. The third-order valence-corrected chi connectivity index (χ3v) is 22.9. The van der Waals surface area contributed by atoms with E-state index in [2.05, 4.69) is 557 Å². The van der Waals surface area contributed by atoms with E-state index in [4.69, 9.17) is 0 Å². The lowest BCUT2D eigenvalue weighted by atomic mass is 9.91. The van der Waals surface area contributed by atoms with Gasteiger partial charge in [0, 0.05) is 0 Å². The highest BCUT2D eigenvalue weighted by Gasteiger charge is 2.14. The number of rotatable bonds is 14. The lowest BCUT2D eigenvalue weighted by molar-refractivity contribution is 1.45. The van der Waals surface area contributed by atoms with Crippen molar-refractivity contribution in [3.8, 4) is 156 Å². The largest absolute Gasteiger partial charge is 0.0622 e. The molecule has 0 bridgehead atoms. The Balaban J connectivity index is 0.000000117. The fraction of sp³-hybridized carbons (Fsp3) is 0.0476. The Morgan fingerprint density at radius 1 is 0.0873 bits per heavy atom. The van der Waals surface area contributed by atoms with Crippen LogP contribution in [0.1, 0.15) is 33.4 Å². The van der Waals surface area contributed by atoms with E-state index in [0.29, 0.717) is 0 Å². The molecule has 0 unspecified atom stereocenters. The third-order valence-electron chi connectivity index (χ3n) is 22.9. The minimum absolute atomic E-state index is 1.25. The van der Waals surface area contributed by atoms with Crippen LogP contribution in [0.15, 0.2) is 522 Å². The molecule has 0 fully saturated rings. The van der Waals surface area contributed by atoms with E-state index in [0.717, 1.165) is 0 Å². The van der Waals surface area contributed by atoms with Gasteiger partial charge in [-0.2, -0.15) is 0 Å². The quantitative estimate of drug-likeness (QED) is 0.102. The van der Waals surface area contributed by atoms with E-state index in [1.54, 1.807) is 0 Å². The van der Waals surface area contributed by atoms with E-state index in [1.165, 1.54) is 189 Å². The summed E-state index contributed by atoms with van der Waals surface area (Å²) in [6.07, 6.45) is 0. The van der Waals surface area contributed by atoms with Crippen molar-refractivity contribution in [1.29, 1.82) is 0 Å². The monoisotopic (exact) mass is 1620 g/mol. The molecule has 0 atom stereocenters. The van der Waals surface area contributed by atoms with Crippen LogP contribution in [-0.2, 0) is 0 Å². The SMILES string of the molecule is Cc1ccc(-c2ccccc2-c2ccc(-c3ccccc3)cc2)cc1.Cc1cccc(-c2ccccc2-c2ccccc2)c1.Cc1ccccc1-c1ccc(-c2ccccc2)cc1.Cc1ccccc1-c1cccc(-c2ccccc2)c1.Cc1ccccc1-c1ccccc1-c1ccc(-c2ccccc2)cc1.Cc1ccccc1-c1ccccc1-c1ccccc1. The van der Waals surface area contributed by atoms with Gasteiger partial charge in [0.05, 0.1) is 0 Å². The van der Waals surface area contributed by atoms with Crippen LogP contribution in [0.4, 0.5) is 0 Å². The lowest BCUT2D eigenvalue weighted by Gasteiger charge is -2.13. The lowest BCUT2D eigenvalue weighted by Crippen LogP contribution is -1.88. The van der Waals surface area contributed by atoms with Gasteiger partial charge in [-0.25, -0.2) is 0 Å². The van der Waals surface area contributed by atoms with Crippen LogP contribution in [0, 0.1) is 41.5 Å². The molecule has 0 heteroatoms. The van der Waals surface area contributed by atoms with Gasteiger partial charge in [-0.1, -0.05) is 527 Å². The molecule has 0 N–H and O–H groups in total. The molecule has 0 saturated carbocycles. The van der Waals surface area contributed by atoms with Crippen LogP contribution in [0.2, 0.25) is 0 Å². The molecule has 0 aliphatic carbocycles. The van der Waals surface area contributed by atoms with Crippen LogP contribution < -0.4 is 0 Å².